The van der Waals surface area contributed by atoms with E-state index in [0.717, 1.165) is 12.1 Å². The summed E-state index contributed by atoms with van der Waals surface area (Å²) in [4.78, 5) is 13.8. The van der Waals surface area contributed by atoms with E-state index in [-0.39, 0.29) is 22.8 Å². The number of benzene rings is 1. The lowest BCUT2D eigenvalue weighted by atomic mass is 10.1. The number of nitrogens with zero attached hydrogens (tertiary/aromatic N) is 1. The molecule has 0 radical (unpaired) electrons. The normalized spacial score (nSPS) is 20.1. The molecule has 1 aromatic carbocycles. The van der Waals surface area contributed by atoms with E-state index in [0.29, 0.717) is 18.7 Å². The van der Waals surface area contributed by atoms with Crippen molar-refractivity contribution in [3.63, 3.8) is 0 Å². The highest BCUT2D eigenvalue weighted by Crippen LogP contribution is 2.16. The van der Waals surface area contributed by atoms with Crippen molar-refractivity contribution < 1.29 is 9.18 Å². The van der Waals surface area contributed by atoms with Crippen molar-refractivity contribution in [3.8, 4) is 0 Å². The van der Waals surface area contributed by atoms with Gasteiger partial charge >= 0.3 is 0 Å². The lowest BCUT2D eigenvalue weighted by Gasteiger charge is -2.33. The second-order valence-electron chi connectivity index (χ2n) is 4.60. The molecule has 1 heterocycles. The van der Waals surface area contributed by atoms with Gasteiger partial charge in [0, 0.05) is 25.2 Å². The standard InChI is InChI=1S/C13H16FN3OS/c1-8-13(18)16-4-5-17(8)7-9-2-3-10(14)6-11(9)12(15)19/h2-3,6,8H,4-5,7H2,1H3,(H2,15,19)(H,16,18). The number of carbonyl (C=O) groups is 1. The first-order chi connectivity index (χ1) is 8.99. The van der Waals surface area contributed by atoms with Crippen LogP contribution in [-0.4, -0.2) is 34.9 Å². The van der Waals surface area contributed by atoms with E-state index in [4.69, 9.17) is 18.0 Å². The predicted octanol–water partition coefficient (Wildman–Crippen LogP) is 0.780. The molecule has 102 valence electrons. The summed E-state index contributed by atoms with van der Waals surface area (Å²) >= 11 is 4.94. The van der Waals surface area contributed by atoms with E-state index >= 15 is 0 Å². The summed E-state index contributed by atoms with van der Waals surface area (Å²) in [6, 6.07) is 4.18. The largest absolute Gasteiger partial charge is 0.389 e. The van der Waals surface area contributed by atoms with Gasteiger partial charge in [-0.3, -0.25) is 9.69 Å². The lowest BCUT2D eigenvalue weighted by molar-refractivity contribution is -0.128. The number of halogens is 1. The summed E-state index contributed by atoms with van der Waals surface area (Å²) in [6.45, 7) is 3.74. The summed E-state index contributed by atoms with van der Waals surface area (Å²) in [5.74, 6) is -0.360. The zero-order valence-corrected chi connectivity index (χ0v) is 11.5. The Hall–Kier alpha value is -1.53. The third kappa shape index (κ3) is 3.08. The summed E-state index contributed by atoms with van der Waals surface area (Å²) in [5, 5.41) is 2.80. The molecule has 1 saturated heterocycles. The Bertz CT molecular complexity index is 521. The number of thiocarbonyl (C=S) groups is 1. The van der Waals surface area contributed by atoms with Crippen molar-refractivity contribution in [1.29, 1.82) is 0 Å². The van der Waals surface area contributed by atoms with Gasteiger partial charge in [-0.25, -0.2) is 4.39 Å². The molecule has 0 bridgehead atoms. The van der Waals surface area contributed by atoms with Crippen LogP contribution in [0, 0.1) is 5.82 Å². The zero-order valence-electron chi connectivity index (χ0n) is 10.6. The zero-order chi connectivity index (χ0) is 14.0. The van der Waals surface area contributed by atoms with Gasteiger partial charge < -0.3 is 11.1 Å². The summed E-state index contributed by atoms with van der Waals surface area (Å²) < 4.78 is 13.2. The molecule has 1 atom stereocenters. The maximum atomic E-state index is 13.2. The fourth-order valence-electron chi connectivity index (χ4n) is 2.18. The average Bonchev–Trinajstić information content (AvgIpc) is 2.36. The first-order valence-corrected chi connectivity index (χ1v) is 6.50. The van der Waals surface area contributed by atoms with Gasteiger partial charge in [-0.1, -0.05) is 18.3 Å². The van der Waals surface area contributed by atoms with Crippen LogP contribution in [0.5, 0.6) is 0 Å². The minimum absolute atomic E-state index is 0.00485. The van der Waals surface area contributed by atoms with Gasteiger partial charge in [0.2, 0.25) is 5.91 Å². The second-order valence-corrected chi connectivity index (χ2v) is 5.04. The van der Waals surface area contributed by atoms with E-state index in [1.165, 1.54) is 12.1 Å². The fraction of sp³-hybridized carbons (Fsp3) is 0.385. The predicted molar refractivity (Wildman–Crippen MR) is 75.2 cm³/mol. The maximum Gasteiger partial charge on any atom is 0.237 e. The van der Waals surface area contributed by atoms with E-state index < -0.39 is 0 Å². The monoisotopic (exact) mass is 281 g/mol. The minimum atomic E-state index is -0.365. The summed E-state index contributed by atoms with van der Waals surface area (Å²) in [7, 11) is 0. The molecular formula is C13H16FN3OS. The number of nitrogens with two attached hydrogens (primary N) is 1. The highest BCUT2D eigenvalue weighted by atomic mass is 32.1. The molecule has 0 aliphatic carbocycles. The molecule has 0 aromatic heterocycles. The molecular weight excluding hydrogens is 265 g/mol. The minimum Gasteiger partial charge on any atom is -0.389 e. The van der Waals surface area contributed by atoms with Crippen LogP contribution in [-0.2, 0) is 11.3 Å². The number of hydrogen-bond donors (Lipinski definition) is 2. The number of rotatable bonds is 3. The molecule has 1 aliphatic rings. The third-order valence-corrected chi connectivity index (χ3v) is 3.56. The van der Waals surface area contributed by atoms with Gasteiger partial charge in [0.05, 0.1) is 6.04 Å². The van der Waals surface area contributed by atoms with Gasteiger partial charge in [-0.15, -0.1) is 0 Å². The number of nitrogens with one attached hydrogen (secondary N) is 1. The molecule has 4 nitrogen and oxygen atoms in total. The molecule has 0 saturated carbocycles. The summed E-state index contributed by atoms with van der Waals surface area (Å²) in [6.07, 6.45) is 0. The summed E-state index contributed by atoms with van der Waals surface area (Å²) in [5.41, 5.74) is 7.00. The number of amides is 1. The maximum absolute atomic E-state index is 13.2. The Morgan fingerprint density at radius 2 is 2.37 bits per heavy atom. The van der Waals surface area contributed by atoms with E-state index in [2.05, 4.69) is 5.32 Å². The van der Waals surface area contributed by atoms with Crippen LogP contribution in [0.4, 0.5) is 4.39 Å². The van der Waals surface area contributed by atoms with Crippen molar-refractivity contribution in [3.05, 3.63) is 35.1 Å². The first kappa shape index (κ1) is 13.9. The van der Waals surface area contributed by atoms with Crippen molar-refractivity contribution in [2.45, 2.75) is 19.5 Å². The first-order valence-electron chi connectivity index (χ1n) is 6.09. The quantitative estimate of drug-likeness (QED) is 0.804. The Labute approximate surface area is 116 Å². The number of carbonyl (C=O) groups excluding carboxylic acids is 1. The van der Waals surface area contributed by atoms with E-state index in [9.17, 15) is 9.18 Å². The Kier molecular flexibility index (Phi) is 4.11. The van der Waals surface area contributed by atoms with E-state index in [1.54, 1.807) is 6.07 Å². The molecule has 6 heteroatoms. The van der Waals surface area contributed by atoms with Crippen LogP contribution in [0.3, 0.4) is 0 Å². The SMILES string of the molecule is CC1C(=O)NCCN1Cc1ccc(F)cc1C(N)=S. The highest BCUT2D eigenvalue weighted by molar-refractivity contribution is 7.80. The molecule has 3 N–H and O–H groups in total. The molecule has 19 heavy (non-hydrogen) atoms. The van der Waals surface area contributed by atoms with Crippen LogP contribution < -0.4 is 11.1 Å². The molecule has 1 unspecified atom stereocenters. The molecule has 1 aliphatic heterocycles. The molecule has 1 aromatic rings. The van der Waals surface area contributed by atoms with E-state index in [1.807, 2.05) is 11.8 Å². The molecule has 1 fully saturated rings. The Balaban J connectivity index is 2.23. The molecule has 0 spiro atoms. The lowest BCUT2D eigenvalue weighted by Crippen LogP contribution is -2.53. The van der Waals surface area contributed by atoms with Gasteiger partial charge in [0.25, 0.3) is 0 Å². The van der Waals surface area contributed by atoms with Crippen molar-refractivity contribution >= 4 is 23.1 Å². The van der Waals surface area contributed by atoms with Crippen molar-refractivity contribution in [1.82, 2.24) is 10.2 Å². The third-order valence-electron chi connectivity index (χ3n) is 3.34. The van der Waals surface area contributed by atoms with Gasteiger partial charge in [0.1, 0.15) is 10.8 Å². The van der Waals surface area contributed by atoms with Crippen molar-refractivity contribution in [2.24, 2.45) is 5.73 Å². The van der Waals surface area contributed by atoms with Gasteiger partial charge in [-0.2, -0.15) is 0 Å². The van der Waals surface area contributed by atoms with Crippen LogP contribution in [0.25, 0.3) is 0 Å². The van der Waals surface area contributed by atoms with Crippen LogP contribution >= 0.6 is 12.2 Å². The van der Waals surface area contributed by atoms with Crippen LogP contribution in [0.15, 0.2) is 18.2 Å². The van der Waals surface area contributed by atoms with Crippen LogP contribution in [0.2, 0.25) is 0 Å². The van der Waals surface area contributed by atoms with Crippen LogP contribution in [0.1, 0.15) is 18.1 Å². The smallest absolute Gasteiger partial charge is 0.237 e. The van der Waals surface area contributed by atoms with Gasteiger partial charge in [-0.05, 0) is 24.6 Å². The average molecular weight is 281 g/mol. The Morgan fingerprint density at radius 1 is 1.63 bits per heavy atom. The fourth-order valence-corrected chi connectivity index (χ4v) is 2.37. The number of hydrogen-bond acceptors (Lipinski definition) is 3. The topological polar surface area (TPSA) is 58.4 Å². The molecule has 2 rings (SSSR count). The highest BCUT2D eigenvalue weighted by Gasteiger charge is 2.25. The van der Waals surface area contributed by atoms with Crippen molar-refractivity contribution in [2.75, 3.05) is 13.1 Å². The van der Waals surface area contributed by atoms with Gasteiger partial charge in [0.15, 0.2) is 0 Å². The molecule has 1 amide bonds. The Morgan fingerprint density at radius 3 is 3.05 bits per heavy atom. The second kappa shape index (κ2) is 5.63. The number of piperazine rings is 1.